The molecule has 4 heteroatoms. The zero-order chi connectivity index (χ0) is 17.6. The third-order valence-electron chi connectivity index (χ3n) is 4.40. The lowest BCUT2D eigenvalue weighted by Gasteiger charge is -2.25. The Kier molecular flexibility index (Phi) is 5.74. The minimum atomic E-state index is -1.14. The Bertz CT molecular complexity index is 712. The van der Waals surface area contributed by atoms with Gasteiger partial charge >= 0.3 is 5.97 Å². The molecule has 0 spiro atoms. The molecule has 1 unspecified atom stereocenters. The molecule has 1 atom stereocenters. The second-order valence-corrected chi connectivity index (χ2v) is 6.21. The molecule has 0 heterocycles. The fourth-order valence-electron chi connectivity index (χ4n) is 2.61. The van der Waals surface area contributed by atoms with Gasteiger partial charge < -0.3 is 10.4 Å². The van der Waals surface area contributed by atoms with Crippen molar-refractivity contribution in [3.05, 3.63) is 71.3 Å². The number of hydrogen-bond donors (Lipinski definition) is 2. The van der Waals surface area contributed by atoms with Crippen LogP contribution >= 0.6 is 0 Å². The van der Waals surface area contributed by atoms with Gasteiger partial charge in [0.05, 0.1) is 0 Å². The third-order valence-corrected chi connectivity index (χ3v) is 4.40. The number of benzene rings is 2. The minimum Gasteiger partial charge on any atom is -0.481 e. The van der Waals surface area contributed by atoms with Gasteiger partial charge in [-0.05, 0) is 37.0 Å². The maximum absolute atomic E-state index is 12.1. The van der Waals surface area contributed by atoms with Gasteiger partial charge in [0, 0.05) is 13.0 Å². The molecule has 0 bridgehead atoms. The SMILES string of the molecule is Cc1ccccc1CCC(=O)NCC(C)(C(=O)O)c1ccccc1. The van der Waals surface area contributed by atoms with Crippen LogP contribution in [0, 0.1) is 6.92 Å². The number of carboxylic acid groups (broad SMARTS) is 1. The Morgan fingerprint density at radius 1 is 1.04 bits per heavy atom. The molecular weight excluding hydrogens is 302 g/mol. The van der Waals surface area contributed by atoms with E-state index in [-0.39, 0.29) is 12.5 Å². The van der Waals surface area contributed by atoms with Crippen molar-refractivity contribution < 1.29 is 14.7 Å². The Morgan fingerprint density at radius 3 is 2.29 bits per heavy atom. The first-order valence-corrected chi connectivity index (χ1v) is 8.03. The van der Waals surface area contributed by atoms with Gasteiger partial charge in [0.2, 0.25) is 5.91 Å². The summed E-state index contributed by atoms with van der Waals surface area (Å²) in [5, 5.41) is 12.4. The van der Waals surface area contributed by atoms with Crippen LogP contribution in [-0.2, 0) is 21.4 Å². The average molecular weight is 325 g/mol. The van der Waals surface area contributed by atoms with Crippen molar-refractivity contribution in [2.45, 2.75) is 32.1 Å². The van der Waals surface area contributed by atoms with Crippen molar-refractivity contribution in [3.63, 3.8) is 0 Å². The second-order valence-electron chi connectivity index (χ2n) is 6.21. The van der Waals surface area contributed by atoms with Crippen molar-refractivity contribution in [1.29, 1.82) is 0 Å². The number of aryl methyl sites for hydroxylation is 2. The molecule has 0 saturated carbocycles. The van der Waals surface area contributed by atoms with E-state index < -0.39 is 11.4 Å². The van der Waals surface area contributed by atoms with Crippen molar-refractivity contribution in [1.82, 2.24) is 5.32 Å². The van der Waals surface area contributed by atoms with Crippen LogP contribution < -0.4 is 5.32 Å². The molecule has 1 amide bonds. The second kappa shape index (κ2) is 7.77. The van der Waals surface area contributed by atoms with Crippen LogP contribution in [0.4, 0.5) is 0 Å². The van der Waals surface area contributed by atoms with E-state index in [1.165, 1.54) is 0 Å². The summed E-state index contributed by atoms with van der Waals surface area (Å²) in [7, 11) is 0. The van der Waals surface area contributed by atoms with Crippen molar-refractivity contribution >= 4 is 11.9 Å². The molecule has 0 aromatic heterocycles. The summed E-state index contributed by atoms with van der Waals surface area (Å²) in [6.45, 7) is 3.72. The van der Waals surface area contributed by atoms with Crippen LogP contribution in [0.3, 0.4) is 0 Å². The smallest absolute Gasteiger partial charge is 0.315 e. The monoisotopic (exact) mass is 325 g/mol. The van der Waals surface area contributed by atoms with Crippen molar-refractivity contribution in [2.75, 3.05) is 6.54 Å². The number of amides is 1. The van der Waals surface area contributed by atoms with Crippen LogP contribution in [0.5, 0.6) is 0 Å². The van der Waals surface area contributed by atoms with Crippen molar-refractivity contribution in [3.8, 4) is 0 Å². The first-order chi connectivity index (χ1) is 11.4. The number of hydrogen-bond acceptors (Lipinski definition) is 2. The van der Waals surface area contributed by atoms with Gasteiger partial charge in [-0.2, -0.15) is 0 Å². The molecule has 0 radical (unpaired) electrons. The molecule has 126 valence electrons. The molecule has 0 fully saturated rings. The summed E-state index contributed by atoms with van der Waals surface area (Å²) in [4.78, 5) is 23.8. The zero-order valence-electron chi connectivity index (χ0n) is 14.1. The quantitative estimate of drug-likeness (QED) is 0.822. The number of aliphatic carboxylic acids is 1. The zero-order valence-corrected chi connectivity index (χ0v) is 14.1. The van der Waals surface area contributed by atoms with Crippen LogP contribution in [0.15, 0.2) is 54.6 Å². The first-order valence-electron chi connectivity index (χ1n) is 8.03. The van der Waals surface area contributed by atoms with E-state index in [0.717, 1.165) is 11.1 Å². The minimum absolute atomic E-state index is 0.0684. The van der Waals surface area contributed by atoms with Gasteiger partial charge in [-0.15, -0.1) is 0 Å². The summed E-state index contributed by atoms with van der Waals surface area (Å²) in [5.41, 5.74) is 1.83. The number of carboxylic acids is 1. The van der Waals surface area contributed by atoms with Gasteiger partial charge in [-0.25, -0.2) is 0 Å². The van der Waals surface area contributed by atoms with E-state index in [0.29, 0.717) is 18.4 Å². The number of carbonyl (C=O) groups is 2. The van der Waals surface area contributed by atoms with E-state index in [1.54, 1.807) is 31.2 Å². The lowest BCUT2D eigenvalue weighted by molar-refractivity contribution is -0.143. The van der Waals surface area contributed by atoms with Gasteiger partial charge in [-0.3, -0.25) is 9.59 Å². The highest BCUT2D eigenvalue weighted by molar-refractivity contribution is 5.83. The van der Waals surface area contributed by atoms with Gasteiger partial charge in [0.15, 0.2) is 0 Å². The van der Waals surface area contributed by atoms with Gasteiger partial charge in [0.1, 0.15) is 5.41 Å². The summed E-state index contributed by atoms with van der Waals surface area (Å²) in [5.74, 6) is -1.09. The molecule has 2 aromatic carbocycles. The molecule has 0 aliphatic heterocycles. The highest BCUT2D eigenvalue weighted by atomic mass is 16.4. The molecule has 24 heavy (non-hydrogen) atoms. The molecule has 4 nitrogen and oxygen atoms in total. The normalized spacial score (nSPS) is 13.1. The largest absolute Gasteiger partial charge is 0.481 e. The van der Waals surface area contributed by atoms with Crippen LogP contribution in [0.2, 0.25) is 0 Å². The number of carbonyl (C=O) groups excluding carboxylic acids is 1. The summed E-state index contributed by atoms with van der Waals surface area (Å²) in [6, 6.07) is 16.9. The molecule has 0 aliphatic carbocycles. The molecule has 0 aliphatic rings. The molecular formula is C20H23NO3. The van der Waals surface area contributed by atoms with Crippen LogP contribution in [0.25, 0.3) is 0 Å². The number of nitrogens with one attached hydrogen (secondary N) is 1. The molecule has 2 rings (SSSR count). The van der Waals surface area contributed by atoms with Crippen molar-refractivity contribution in [2.24, 2.45) is 0 Å². The Morgan fingerprint density at radius 2 is 1.67 bits per heavy atom. The maximum Gasteiger partial charge on any atom is 0.315 e. The standard InChI is InChI=1S/C20H23NO3/c1-15-8-6-7-9-16(15)12-13-18(22)21-14-20(2,19(23)24)17-10-4-3-5-11-17/h3-11H,12-14H2,1-2H3,(H,21,22)(H,23,24). The van der Waals surface area contributed by atoms with Crippen LogP contribution in [0.1, 0.15) is 30.0 Å². The lowest BCUT2D eigenvalue weighted by atomic mass is 9.82. The highest BCUT2D eigenvalue weighted by Gasteiger charge is 2.35. The number of rotatable bonds is 7. The molecule has 0 saturated heterocycles. The Balaban J connectivity index is 1.96. The predicted octanol–water partition coefficient (Wildman–Crippen LogP) is 3.09. The molecule has 2 aromatic rings. The van der Waals surface area contributed by atoms with E-state index >= 15 is 0 Å². The maximum atomic E-state index is 12.1. The van der Waals surface area contributed by atoms with E-state index in [4.69, 9.17) is 0 Å². The van der Waals surface area contributed by atoms with Crippen LogP contribution in [-0.4, -0.2) is 23.5 Å². The van der Waals surface area contributed by atoms with E-state index in [1.807, 2.05) is 37.3 Å². The third kappa shape index (κ3) is 4.22. The lowest BCUT2D eigenvalue weighted by Crippen LogP contribution is -2.44. The fourth-order valence-corrected chi connectivity index (χ4v) is 2.61. The van der Waals surface area contributed by atoms with E-state index in [9.17, 15) is 14.7 Å². The van der Waals surface area contributed by atoms with Gasteiger partial charge in [-0.1, -0.05) is 54.6 Å². The summed E-state index contributed by atoms with van der Waals surface area (Å²) < 4.78 is 0. The fraction of sp³-hybridized carbons (Fsp3) is 0.300. The van der Waals surface area contributed by atoms with Gasteiger partial charge in [0.25, 0.3) is 0 Å². The summed E-state index contributed by atoms with van der Waals surface area (Å²) in [6.07, 6.45) is 0.989. The summed E-state index contributed by atoms with van der Waals surface area (Å²) >= 11 is 0. The average Bonchev–Trinajstić information content (AvgIpc) is 2.59. The molecule has 2 N–H and O–H groups in total. The predicted molar refractivity (Wildman–Crippen MR) is 93.9 cm³/mol. The highest BCUT2D eigenvalue weighted by Crippen LogP contribution is 2.23. The topological polar surface area (TPSA) is 66.4 Å². The Hall–Kier alpha value is -2.62. The Labute approximate surface area is 142 Å². The van der Waals surface area contributed by atoms with E-state index in [2.05, 4.69) is 5.32 Å². The first kappa shape index (κ1) is 17.7.